The first-order valence-electron chi connectivity index (χ1n) is 3.46. The van der Waals surface area contributed by atoms with Gasteiger partial charge in [0.05, 0.1) is 6.04 Å². The van der Waals surface area contributed by atoms with Gasteiger partial charge < -0.3 is 11.5 Å². The molecule has 0 amide bonds. The van der Waals surface area contributed by atoms with Crippen molar-refractivity contribution in [2.75, 3.05) is 0 Å². The van der Waals surface area contributed by atoms with E-state index >= 15 is 0 Å². The van der Waals surface area contributed by atoms with Gasteiger partial charge in [0.1, 0.15) is 0 Å². The summed E-state index contributed by atoms with van der Waals surface area (Å²) in [6.45, 7) is 0. The lowest BCUT2D eigenvalue weighted by Crippen LogP contribution is -2.42. The van der Waals surface area contributed by atoms with Gasteiger partial charge in [-0.25, -0.2) is 0 Å². The quantitative estimate of drug-likeness (QED) is 0.484. The molecule has 0 aliphatic heterocycles. The summed E-state index contributed by atoms with van der Waals surface area (Å²) >= 11 is 0. The Morgan fingerprint density at radius 3 is 2.36 bits per heavy atom. The van der Waals surface area contributed by atoms with Crippen LogP contribution in [-0.4, -0.2) is 24.7 Å². The Morgan fingerprint density at radius 1 is 1.27 bits per heavy atom. The molecular weight excluding hydrogens is 144 g/mol. The van der Waals surface area contributed by atoms with Gasteiger partial charge in [0, 0.05) is 12.5 Å². The lowest BCUT2D eigenvalue weighted by Gasteiger charge is -2.11. The molecule has 4 nitrogen and oxygen atoms in total. The molecule has 2 unspecified atom stereocenters. The maximum Gasteiger partial charge on any atom is 0.218 e. The highest BCUT2D eigenvalue weighted by molar-refractivity contribution is 5.59. The lowest BCUT2D eigenvalue weighted by atomic mass is 10.1. The van der Waals surface area contributed by atoms with E-state index in [0.29, 0.717) is 19.3 Å². The third-order valence-corrected chi connectivity index (χ3v) is 1.41. The zero-order valence-electron chi connectivity index (χ0n) is 6.25. The second kappa shape index (κ2) is 6.00. The van der Waals surface area contributed by atoms with E-state index in [0.717, 1.165) is 0 Å². The molecule has 4 N–H and O–H groups in total. The van der Waals surface area contributed by atoms with E-state index in [9.17, 15) is 9.59 Å². The summed E-state index contributed by atoms with van der Waals surface area (Å²) in [4.78, 5) is 19.7. The van der Waals surface area contributed by atoms with Gasteiger partial charge in [0.25, 0.3) is 0 Å². The van der Waals surface area contributed by atoms with Crippen LogP contribution < -0.4 is 11.5 Å². The fourth-order valence-electron chi connectivity index (χ4n) is 0.677. The normalized spacial score (nSPS) is 15.5. The standard InChI is InChI=1S/C7H12N2O2/c8-6(7(9)5-11)3-1-2-4-10/h6-7H,1-3,8-9H2. The predicted molar refractivity (Wildman–Crippen MR) is 41.2 cm³/mol. The van der Waals surface area contributed by atoms with Gasteiger partial charge >= 0.3 is 0 Å². The summed E-state index contributed by atoms with van der Waals surface area (Å²) in [5.41, 5.74) is 10.7. The van der Waals surface area contributed by atoms with Crippen molar-refractivity contribution in [3.63, 3.8) is 0 Å². The van der Waals surface area contributed by atoms with E-state index < -0.39 is 6.04 Å². The summed E-state index contributed by atoms with van der Waals surface area (Å²) in [6, 6.07) is -1.12. The first-order chi connectivity index (χ1) is 5.22. The smallest absolute Gasteiger partial charge is 0.218 e. The fourth-order valence-corrected chi connectivity index (χ4v) is 0.677. The number of nitrogens with two attached hydrogens (primary N) is 2. The average molecular weight is 156 g/mol. The number of unbranched alkanes of at least 4 members (excludes halogenated alkanes) is 1. The van der Waals surface area contributed by atoms with Gasteiger partial charge in [0.15, 0.2) is 6.29 Å². The van der Waals surface area contributed by atoms with Crippen LogP contribution in [0.5, 0.6) is 0 Å². The number of rotatable bonds is 6. The fraction of sp³-hybridized carbons (Fsp3) is 0.714. The Balaban J connectivity index is 3.42. The molecule has 11 heavy (non-hydrogen) atoms. The molecule has 0 aromatic rings. The molecule has 4 heteroatoms. The van der Waals surface area contributed by atoms with Crippen LogP contribution in [-0.2, 0) is 9.59 Å². The molecule has 0 heterocycles. The Bertz CT molecular complexity index is 128. The number of hydrogen-bond donors (Lipinski definition) is 2. The topological polar surface area (TPSA) is 86.2 Å². The van der Waals surface area contributed by atoms with Crippen molar-refractivity contribution in [3.8, 4) is 0 Å². The third-order valence-electron chi connectivity index (χ3n) is 1.41. The number of hydrogen-bond acceptors (Lipinski definition) is 4. The zero-order chi connectivity index (χ0) is 8.69. The van der Waals surface area contributed by atoms with Crippen LogP contribution in [0, 0.1) is 0 Å². The Hall–Kier alpha value is -0.740. The maximum atomic E-state index is 9.97. The average Bonchev–Trinajstić information content (AvgIpc) is 2.03. The monoisotopic (exact) mass is 156 g/mol. The molecule has 0 rings (SSSR count). The Labute approximate surface area is 65.9 Å². The van der Waals surface area contributed by atoms with E-state index in [1.807, 2.05) is 0 Å². The molecule has 0 fully saturated rings. The minimum Gasteiger partial charge on any atom is -0.326 e. The summed E-state index contributed by atoms with van der Waals surface area (Å²) in [6.07, 6.45) is 4.86. The SMILES string of the molecule is NC([C]=O)C(N)CCC[C]=O. The molecule has 0 saturated heterocycles. The Kier molecular flexibility index (Phi) is 5.60. The van der Waals surface area contributed by atoms with Crippen molar-refractivity contribution in [1.29, 1.82) is 0 Å². The van der Waals surface area contributed by atoms with Crippen LogP contribution in [0.1, 0.15) is 19.3 Å². The minimum absolute atomic E-state index is 0.347. The second-order valence-corrected chi connectivity index (χ2v) is 2.34. The van der Waals surface area contributed by atoms with Crippen LogP contribution in [0.4, 0.5) is 0 Å². The van der Waals surface area contributed by atoms with Gasteiger partial charge in [0.2, 0.25) is 6.29 Å². The van der Waals surface area contributed by atoms with Crippen LogP contribution in [0.25, 0.3) is 0 Å². The van der Waals surface area contributed by atoms with Crippen molar-refractivity contribution >= 4 is 12.6 Å². The van der Waals surface area contributed by atoms with Crippen molar-refractivity contribution in [2.45, 2.75) is 31.3 Å². The maximum absolute atomic E-state index is 9.97. The molecule has 0 saturated carbocycles. The third kappa shape index (κ3) is 4.64. The van der Waals surface area contributed by atoms with E-state index in [4.69, 9.17) is 11.5 Å². The van der Waals surface area contributed by atoms with Crippen LogP contribution >= 0.6 is 0 Å². The van der Waals surface area contributed by atoms with Crippen molar-refractivity contribution in [3.05, 3.63) is 0 Å². The van der Waals surface area contributed by atoms with Crippen molar-refractivity contribution < 1.29 is 9.59 Å². The highest BCUT2D eigenvalue weighted by Gasteiger charge is 2.11. The van der Waals surface area contributed by atoms with E-state index in [-0.39, 0.29) is 6.04 Å². The molecule has 0 bridgehead atoms. The number of carbonyl (C=O) groups excluding carboxylic acids is 2. The summed E-state index contributed by atoms with van der Waals surface area (Å²) in [5, 5.41) is 0. The highest BCUT2D eigenvalue weighted by atomic mass is 16.1. The van der Waals surface area contributed by atoms with Gasteiger partial charge in [-0.15, -0.1) is 0 Å². The molecule has 0 aliphatic carbocycles. The lowest BCUT2D eigenvalue weighted by molar-refractivity contribution is 0.496. The first-order valence-corrected chi connectivity index (χ1v) is 3.46. The van der Waals surface area contributed by atoms with E-state index in [1.54, 1.807) is 12.6 Å². The molecule has 2 atom stereocenters. The summed E-state index contributed by atoms with van der Waals surface area (Å²) in [7, 11) is 0. The highest BCUT2D eigenvalue weighted by Crippen LogP contribution is 1.98. The van der Waals surface area contributed by atoms with Crippen LogP contribution in [0.2, 0.25) is 0 Å². The second-order valence-electron chi connectivity index (χ2n) is 2.34. The first kappa shape index (κ1) is 10.3. The molecule has 2 radical (unpaired) electrons. The molecule has 0 aliphatic rings. The van der Waals surface area contributed by atoms with Gasteiger partial charge in [-0.3, -0.25) is 9.59 Å². The molecular formula is C7H12N2O2. The van der Waals surface area contributed by atoms with E-state index in [1.165, 1.54) is 0 Å². The zero-order valence-corrected chi connectivity index (χ0v) is 6.25. The van der Waals surface area contributed by atoms with Crippen molar-refractivity contribution in [2.24, 2.45) is 11.5 Å². The van der Waals surface area contributed by atoms with Crippen LogP contribution in [0.15, 0.2) is 0 Å². The minimum atomic E-state index is -0.735. The largest absolute Gasteiger partial charge is 0.326 e. The predicted octanol–water partition coefficient (Wildman–Crippen LogP) is -0.969. The molecule has 0 aromatic carbocycles. The van der Waals surface area contributed by atoms with Gasteiger partial charge in [-0.05, 0) is 12.8 Å². The summed E-state index contributed by atoms with van der Waals surface area (Å²) < 4.78 is 0. The Morgan fingerprint density at radius 2 is 1.91 bits per heavy atom. The van der Waals surface area contributed by atoms with Gasteiger partial charge in [-0.1, -0.05) is 0 Å². The van der Waals surface area contributed by atoms with E-state index in [2.05, 4.69) is 0 Å². The van der Waals surface area contributed by atoms with Gasteiger partial charge in [-0.2, -0.15) is 0 Å². The summed E-state index contributed by atoms with van der Waals surface area (Å²) in [5.74, 6) is 0. The molecule has 0 aromatic heterocycles. The van der Waals surface area contributed by atoms with Crippen molar-refractivity contribution in [1.82, 2.24) is 0 Å². The van der Waals surface area contributed by atoms with Crippen LogP contribution in [0.3, 0.4) is 0 Å². The molecule has 0 spiro atoms. The molecule has 62 valence electrons.